The van der Waals surface area contributed by atoms with Gasteiger partial charge in [0, 0.05) is 37.7 Å². The molecule has 8 nitrogen and oxygen atoms in total. The Hall–Kier alpha value is -2.77. The number of urea groups is 1. The van der Waals surface area contributed by atoms with Crippen molar-refractivity contribution in [3.05, 3.63) is 24.3 Å². The van der Waals surface area contributed by atoms with Gasteiger partial charge in [0.25, 0.3) is 0 Å². The summed E-state index contributed by atoms with van der Waals surface area (Å²) in [5.74, 6) is 0.504. The lowest BCUT2D eigenvalue weighted by molar-refractivity contribution is -0.142. The average molecular weight is 377 g/mol. The highest BCUT2D eigenvalue weighted by Crippen LogP contribution is 2.26. The summed E-state index contributed by atoms with van der Waals surface area (Å²) in [4.78, 5) is 37.0. The van der Waals surface area contributed by atoms with Gasteiger partial charge in [0.2, 0.25) is 5.91 Å². The lowest BCUT2D eigenvalue weighted by atomic mass is 10.1. The van der Waals surface area contributed by atoms with Crippen LogP contribution in [0, 0.1) is 5.92 Å². The van der Waals surface area contributed by atoms with E-state index in [4.69, 9.17) is 9.47 Å². The van der Waals surface area contributed by atoms with Crippen LogP contribution in [0.3, 0.4) is 0 Å². The maximum absolute atomic E-state index is 12.3. The summed E-state index contributed by atoms with van der Waals surface area (Å²) in [7, 11) is 0. The maximum atomic E-state index is 12.3. The first kappa shape index (κ1) is 20.5. The van der Waals surface area contributed by atoms with Crippen LogP contribution in [0.15, 0.2) is 24.3 Å². The number of hydrogen-bond acceptors (Lipinski definition) is 5. The minimum Gasteiger partial charge on any atom is -0.494 e. The highest BCUT2D eigenvalue weighted by atomic mass is 16.5. The molecular formula is C19H27N3O5. The third-order valence-corrected chi connectivity index (χ3v) is 4.14. The van der Waals surface area contributed by atoms with Crippen LogP contribution >= 0.6 is 0 Å². The molecule has 0 aliphatic carbocycles. The standard InChI is InChI=1S/C19H27N3O5/c1-3-26-16-7-5-15(6-8-16)22-13-14(11-17(22)23)12-21-19(25)20-10-9-18(24)27-4-2/h5-8,14H,3-4,9-13H2,1-2H3,(H2,20,21,25). The van der Waals surface area contributed by atoms with Gasteiger partial charge in [-0.1, -0.05) is 0 Å². The van der Waals surface area contributed by atoms with Gasteiger partial charge < -0.3 is 25.0 Å². The van der Waals surface area contributed by atoms with Gasteiger partial charge >= 0.3 is 12.0 Å². The van der Waals surface area contributed by atoms with Crippen molar-refractivity contribution in [2.75, 3.05) is 37.7 Å². The van der Waals surface area contributed by atoms with Gasteiger partial charge in [-0.25, -0.2) is 4.79 Å². The van der Waals surface area contributed by atoms with Crippen molar-refractivity contribution < 1.29 is 23.9 Å². The number of nitrogens with zero attached hydrogens (tertiary/aromatic N) is 1. The first-order valence-electron chi connectivity index (χ1n) is 9.24. The second kappa shape index (κ2) is 10.4. The molecule has 148 valence electrons. The summed E-state index contributed by atoms with van der Waals surface area (Å²) in [6.45, 7) is 5.73. The topological polar surface area (TPSA) is 97.0 Å². The maximum Gasteiger partial charge on any atom is 0.314 e. The van der Waals surface area contributed by atoms with Crippen LogP contribution in [-0.2, 0) is 14.3 Å². The number of rotatable bonds is 9. The molecule has 0 saturated carbocycles. The summed E-state index contributed by atoms with van der Waals surface area (Å²) in [6.07, 6.45) is 0.519. The van der Waals surface area contributed by atoms with Crippen LogP contribution in [0.5, 0.6) is 5.75 Å². The zero-order valence-corrected chi connectivity index (χ0v) is 15.8. The zero-order chi connectivity index (χ0) is 19.6. The molecule has 2 N–H and O–H groups in total. The molecule has 3 amide bonds. The molecule has 0 spiro atoms. The van der Waals surface area contributed by atoms with Crippen LogP contribution in [0.4, 0.5) is 10.5 Å². The molecule has 1 fully saturated rings. The Morgan fingerprint density at radius 1 is 1.15 bits per heavy atom. The second-order valence-corrected chi connectivity index (χ2v) is 6.19. The quantitative estimate of drug-likeness (QED) is 0.639. The molecule has 1 aliphatic heterocycles. The summed E-state index contributed by atoms with van der Waals surface area (Å²) < 4.78 is 10.2. The van der Waals surface area contributed by atoms with Crippen molar-refractivity contribution >= 4 is 23.6 Å². The van der Waals surface area contributed by atoms with Crippen LogP contribution in [0.1, 0.15) is 26.7 Å². The van der Waals surface area contributed by atoms with Crippen LogP contribution in [-0.4, -0.2) is 50.8 Å². The SMILES string of the molecule is CCOC(=O)CCNC(=O)NCC1CC(=O)N(c2ccc(OCC)cc2)C1. The van der Waals surface area contributed by atoms with Crippen molar-refractivity contribution in [1.29, 1.82) is 0 Å². The van der Waals surface area contributed by atoms with Crippen molar-refractivity contribution in [1.82, 2.24) is 10.6 Å². The van der Waals surface area contributed by atoms with E-state index in [1.54, 1.807) is 11.8 Å². The summed E-state index contributed by atoms with van der Waals surface area (Å²) in [6, 6.07) is 7.05. The molecule has 1 heterocycles. The van der Waals surface area contributed by atoms with Crippen LogP contribution in [0.2, 0.25) is 0 Å². The number of carbonyl (C=O) groups excluding carboxylic acids is 3. The van der Waals surface area contributed by atoms with E-state index in [1.165, 1.54) is 0 Å². The highest BCUT2D eigenvalue weighted by molar-refractivity contribution is 5.95. The molecule has 1 unspecified atom stereocenters. The van der Waals surface area contributed by atoms with E-state index < -0.39 is 0 Å². The molecule has 1 atom stereocenters. The number of nitrogens with one attached hydrogen (secondary N) is 2. The zero-order valence-electron chi connectivity index (χ0n) is 15.8. The Morgan fingerprint density at radius 2 is 1.89 bits per heavy atom. The lowest BCUT2D eigenvalue weighted by Gasteiger charge is -2.17. The number of carbonyl (C=O) groups is 3. The van der Waals surface area contributed by atoms with Gasteiger partial charge in [-0.2, -0.15) is 0 Å². The van der Waals surface area contributed by atoms with E-state index in [0.717, 1.165) is 11.4 Å². The Morgan fingerprint density at radius 3 is 2.56 bits per heavy atom. The van der Waals surface area contributed by atoms with Gasteiger partial charge in [-0.3, -0.25) is 9.59 Å². The number of ether oxygens (including phenoxy) is 2. The van der Waals surface area contributed by atoms with Gasteiger partial charge in [0.15, 0.2) is 0 Å². The number of anilines is 1. The summed E-state index contributed by atoms with van der Waals surface area (Å²) in [5.41, 5.74) is 0.824. The molecule has 1 saturated heterocycles. The number of hydrogen-bond donors (Lipinski definition) is 2. The Kier molecular flexibility index (Phi) is 7.91. The fourth-order valence-electron chi connectivity index (χ4n) is 2.87. The van der Waals surface area contributed by atoms with E-state index >= 15 is 0 Å². The summed E-state index contributed by atoms with van der Waals surface area (Å²) >= 11 is 0. The molecule has 1 aromatic carbocycles. The molecular weight excluding hydrogens is 350 g/mol. The number of benzene rings is 1. The average Bonchev–Trinajstić information content (AvgIpc) is 3.02. The van der Waals surface area contributed by atoms with Crippen molar-refractivity contribution in [2.24, 2.45) is 5.92 Å². The lowest BCUT2D eigenvalue weighted by Crippen LogP contribution is -2.39. The predicted molar refractivity (Wildman–Crippen MR) is 101 cm³/mol. The number of amides is 3. The molecule has 1 aliphatic rings. The van der Waals surface area contributed by atoms with Crippen LogP contribution in [0.25, 0.3) is 0 Å². The second-order valence-electron chi connectivity index (χ2n) is 6.19. The largest absolute Gasteiger partial charge is 0.494 e. The Balaban J connectivity index is 1.73. The molecule has 0 aromatic heterocycles. The van der Waals surface area contributed by atoms with Crippen molar-refractivity contribution in [2.45, 2.75) is 26.7 Å². The number of esters is 1. The molecule has 2 rings (SSSR count). The Labute approximate surface area is 159 Å². The monoisotopic (exact) mass is 377 g/mol. The van der Waals surface area contributed by atoms with Gasteiger partial charge in [0.05, 0.1) is 19.6 Å². The van der Waals surface area contributed by atoms with Crippen molar-refractivity contribution in [3.8, 4) is 5.75 Å². The molecule has 8 heteroatoms. The third kappa shape index (κ3) is 6.47. The fraction of sp³-hybridized carbons (Fsp3) is 0.526. The van der Waals surface area contributed by atoms with E-state index in [2.05, 4.69) is 10.6 Å². The molecule has 0 radical (unpaired) electrons. The van der Waals surface area contributed by atoms with E-state index in [9.17, 15) is 14.4 Å². The van der Waals surface area contributed by atoms with Gasteiger partial charge in [-0.15, -0.1) is 0 Å². The smallest absolute Gasteiger partial charge is 0.314 e. The Bertz CT molecular complexity index is 647. The third-order valence-electron chi connectivity index (χ3n) is 4.14. The minimum absolute atomic E-state index is 0.0358. The first-order chi connectivity index (χ1) is 13.0. The highest BCUT2D eigenvalue weighted by Gasteiger charge is 2.30. The molecule has 1 aromatic rings. The first-order valence-corrected chi connectivity index (χ1v) is 9.24. The minimum atomic E-state index is -0.355. The van der Waals surface area contributed by atoms with E-state index in [1.807, 2.05) is 31.2 Å². The van der Waals surface area contributed by atoms with Crippen molar-refractivity contribution in [3.63, 3.8) is 0 Å². The van der Waals surface area contributed by atoms with E-state index in [0.29, 0.717) is 32.7 Å². The van der Waals surface area contributed by atoms with Gasteiger partial charge in [0.1, 0.15) is 5.75 Å². The van der Waals surface area contributed by atoms with Gasteiger partial charge in [-0.05, 0) is 38.1 Å². The van der Waals surface area contributed by atoms with E-state index in [-0.39, 0.29) is 36.8 Å². The van der Waals surface area contributed by atoms with Crippen LogP contribution < -0.4 is 20.3 Å². The summed E-state index contributed by atoms with van der Waals surface area (Å²) in [5, 5.41) is 5.35. The molecule has 27 heavy (non-hydrogen) atoms. The predicted octanol–water partition coefficient (Wildman–Crippen LogP) is 1.69. The normalized spacial score (nSPS) is 16.1. The molecule has 0 bridgehead atoms. The fourth-order valence-corrected chi connectivity index (χ4v) is 2.87.